The van der Waals surface area contributed by atoms with E-state index in [0.717, 1.165) is 18.1 Å². The highest BCUT2D eigenvalue weighted by Gasteiger charge is 2.22. The molecule has 1 N–H and O–H groups in total. The molecule has 1 heterocycles. The lowest BCUT2D eigenvalue weighted by Gasteiger charge is -2.35. The number of rotatable bonds is 4. The molecule has 0 atom stereocenters. The molecule has 1 aliphatic carbocycles. The lowest BCUT2D eigenvalue weighted by molar-refractivity contribution is 0.399. The first kappa shape index (κ1) is 10.4. The minimum Gasteiger partial charge on any atom is -0.355 e. The van der Waals surface area contributed by atoms with Gasteiger partial charge in [0.25, 0.3) is 0 Å². The van der Waals surface area contributed by atoms with Crippen molar-refractivity contribution in [1.82, 2.24) is 15.3 Å². The molecule has 82 valence electrons. The second kappa shape index (κ2) is 4.57. The van der Waals surface area contributed by atoms with E-state index in [0.29, 0.717) is 6.04 Å². The Kier molecular flexibility index (Phi) is 3.16. The van der Waals surface area contributed by atoms with Crippen LogP contribution in [0.4, 0.5) is 5.82 Å². The van der Waals surface area contributed by atoms with Gasteiger partial charge in [0.05, 0.1) is 18.1 Å². The Labute approximate surface area is 90.7 Å². The Morgan fingerprint density at radius 1 is 1.40 bits per heavy atom. The van der Waals surface area contributed by atoms with Crippen LogP contribution in [-0.4, -0.2) is 30.1 Å². The van der Waals surface area contributed by atoms with E-state index >= 15 is 0 Å². The van der Waals surface area contributed by atoms with E-state index in [9.17, 15) is 0 Å². The van der Waals surface area contributed by atoms with Crippen molar-refractivity contribution < 1.29 is 0 Å². The molecule has 0 radical (unpaired) electrons. The molecular formula is C11H18N4. The SMILES string of the molecule is CNCc1cnc(N(C)C2CCC2)cn1. The Morgan fingerprint density at radius 3 is 2.67 bits per heavy atom. The Bertz CT molecular complexity index is 305. The Hall–Kier alpha value is -1.16. The fourth-order valence-corrected chi connectivity index (χ4v) is 1.76. The van der Waals surface area contributed by atoms with Crippen LogP contribution in [0.1, 0.15) is 25.0 Å². The minimum absolute atomic E-state index is 0.675. The van der Waals surface area contributed by atoms with Gasteiger partial charge in [0.15, 0.2) is 0 Å². The Morgan fingerprint density at radius 2 is 2.20 bits per heavy atom. The zero-order chi connectivity index (χ0) is 10.7. The number of nitrogens with zero attached hydrogens (tertiary/aromatic N) is 3. The number of hydrogen-bond donors (Lipinski definition) is 1. The molecule has 2 rings (SSSR count). The lowest BCUT2D eigenvalue weighted by atomic mass is 9.92. The fourth-order valence-electron chi connectivity index (χ4n) is 1.76. The smallest absolute Gasteiger partial charge is 0.147 e. The van der Waals surface area contributed by atoms with Gasteiger partial charge >= 0.3 is 0 Å². The molecule has 15 heavy (non-hydrogen) atoms. The van der Waals surface area contributed by atoms with Crippen LogP contribution in [0.25, 0.3) is 0 Å². The average Bonchev–Trinajstić information content (AvgIpc) is 2.16. The molecule has 0 aromatic carbocycles. The Balaban J connectivity index is 2.02. The molecule has 1 saturated carbocycles. The van der Waals surface area contributed by atoms with Gasteiger partial charge in [-0.2, -0.15) is 0 Å². The molecule has 1 aliphatic rings. The summed E-state index contributed by atoms with van der Waals surface area (Å²) in [6.45, 7) is 0.778. The molecule has 1 fully saturated rings. The van der Waals surface area contributed by atoms with Crippen molar-refractivity contribution >= 4 is 5.82 Å². The molecule has 0 amide bonds. The van der Waals surface area contributed by atoms with E-state index in [1.54, 1.807) is 0 Å². The van der Waals surface area contributed by atoms with Crippen LogP contribution >= 0.6 is 0 Å². The largest absolute Gasteiger partial charge is 0.355 e. The van der Waals surface area contributed by atoms with Gasteiger partial charge in [-0.1, -0.05) is 0 Å². The van der Waals surface area contributed by atoms with Gasteiger partial charge < -0.3 is 10.2 Å². The molecule has 0 saturated heterocycles. The molecule has 0 aliphatic heterocycles. The number of nitrogens with one attached hydrogen (secondary N) is 1. The first-order chi connectivity index (χ1) is 7.31. The summed E-state index contributed by atoms with van der Waals surface area (Å²) in [4.78, 5) is 11.0. The minimum atomic E-state index is 0.675. The van der Waals surface area contributed by atoms with Gasteiger partial charge in [0.2, 0.25) is 0 Å². The van der Waals surface area contributed by atoms with Gasteiger partial charge in [-0.15, -0.1) is 0 Å². The number of aromatic nitrogens is 2. The topological polar surface area (TPSA) is 41.1 Å². The third-order valence-corrected chi connectivity index (χ3v) is 3.03. The van der Waals surface area contributed by atoms with Crippen LogP contribution in [-0.2, 0) is 6.54 Å². The van der Waals surface area contributed by atoms with Crippen LogP contribution in [0.5, 0.6) is 0 Å². The van der Waals surface area contributed by atoms with E-state index in [1.807, 2.05) is 19.4 Å². The van der Waals surface area contributed by atoms with Crippen molar-refractivity contribution in [3.8, 4) is 0 Å². The first-order valence-electron chi connectivity index (χ1n) is 5.49. The van der Waals surface area contributed by atoms with E-state index in [-0.39, 0.29) is 0 Å². The summed E-state index contributed by atoms with van der Waals surface area (Å²) in [6, 6.07) is 0.675. The average molecular weight is 206 g/mol. The van der Waals surface area contributed by atoms with Crippen molar-refractivity contribution in [2.45, 2.75) is 31.8 Å². The van der Waals surface area contributed by atoms with E-state index in [2.05, 4.69) is 27.2 Å². The van der Waals surface area contributed by atoms with Gasteiger partial charge in [0.1, 0.15) is 5.82 Å². The lowest BCUT2D eigenvalue weighted by Crippen LogP contribution is -2.37. The summed E-state index contributed by atoms with van der Waals surface area (Å²) >= 11 is 0. The second-order valence-corrected chi connectivity index (χ2v) is 4.09. The zero-order valence-corrected chi connectivity index (χ0v) is 9.40. The highest BCUT2D eigenvalue weighted by atomic mass is 15.2. The summed E-state index contributed by atoms with van der Waals surface area (Å²) in [5.41, 5.74) is 0.989. The van der Waals surface area contributed by atoms with E-state index < -0.39 is 0 Å². The summed E-state index contributed by atoms with van der Waals surface area (Å²) < 4.78 is 0. The predicted octanol–water partition coefficient (Wildman–Crippen LogP) is 1.18. The van der Waals surface area contributed by atoms with E-state index in [4.69, 9.17) is 0 Å². The third-order valence-electron chi connectivity index (χ3n) is 3.03. The van der Waals surface area contributed by atoms with Crippen molar-refractivity contribution in [3.05, 3.63) is 18.1 Å². The highest BCUT2D eigenvalue weighted by molar-refractivity contribution is 5.36. The van der Waals surface area contributed by atoms with Crippen molar-refractivity contribution in [2.24, 2.45) is 0 Å². The van der Waals surface area contributed by atoms with Crippen LogP contribution < -0.4 is 10.2 Å². The second-order valence-electron chi connectivity index (χ2n) is 4.09. The quantitative estimate of drug-likeness (QED) is 0.803. The van der Waals surface area contributed by atoms with Gasteiger partial charge in [-0.05, 0) is 26.3 Å². The van der Waals surface area contributed by atoms with Crippen LogP contribution in [0.15, 0.2) is 12.4 Å². The molecule has 1 aromatic rings. The molecule has 4 nitrogen and oxygen atoms in total. The van der Waals surface area contributed by atoms with Gasteiger partial charge in [-0.3, -0.25) is 4.98 Å². The third kappa shape index (κ3) is 2.26. The maximum atomic E-state index is 4.42. The monoisotopic (exact) mass is 206 g/mol. The molecule has 1 aromatic heterocycles. The molecule has 4 heteroatoms. The molecular weight excluding hydrogens is 188 g/mol. The number of anilines is 1. The molecule has 0 bridgehead atoms. The van der Waals surface area contributed by atoms with Crippen LogP contribution in [0.2, 0.25) is 0 Å². The normalized spacial score (nSPS) is 16.1. The fraction of sp³-hybridized carbons (Fsp3) is 0.636. The predicted molar refractivity (Wildman–Crippen MR) is 60.8 cm³/mol. The van der Waals surface area contributed by atoms with Crippen molar-refractivity contribution in [3.63, 3.8) is 0 Å². The highest BCUT2D eigenvalue weighted by Crippen LogP contribution is 2.26. The maximum Gasteiger partial charge on any atom is 0.147 e. The van der Waals surface area contributed by atoms with Crippen molar-refractivity contribution in [2.75, 3.05) is 19.0 Å². The van der Waals surface area contributed by atoms with Crippen LogP contribution in [0, 0.1) is 0 Å². The first-order valence-corrected chi connectivity index (χ1v) is 5.49. The van der Waals surface area contributed by atoms with Crippen LogP contribution in [0.3, 0.4) is 0 Å². The van der Waals surface area contributed by atoms with Gasteiger partial charge in [-0.25, -0.2) is 4.98 Å². The summed E-state index contributed by atoms with van der Waals surface area (Å²) in [5, 5.41) is 3.06. The van der Waals surface area contributed by atoms with Crippen molar-refractivity contribution in [1.29, 1.82) is 0 Å². The molecule has 0 unspecified atom stereocenters. The molecule has 0 spiro atoms. The number of hydrogen-bond acceptors (Lipinski definition) is 4. The maximum absolute atomic E-state index is 4.42. The van der Waals surface area contributed by atoms with E-state index in [1.165, 1.54) is 19.3 Å². The summed E-state index contributed by atoms with van der Waals surface area (Å²) in [5.74, 6) is 0.986. The standard InChI is InChI=1S/C11H18N4/c1-12-6-9-7-14-11(8-13-9)15(2)10-4-3-5-10/h7-8,10,12H,3-6H2,1-2H3. The van der Waals surface area contributed by atoms with Gasteiger partial charge in [0, 0.05) is 19.6 Å². The summed E-state index contributed by atoms with van der Waals surface area (Å²) in [6.07, 6.45) is 7.64. The summed E-state index contributed by atoms with van der Waals surface area (Å²) in [7, 11) is 4.02. The zero-order valence-electron chi connectivity index (χ0n) is 9.40.